The van der Waals surface area contributed by atoms with Crippen molar-refractivity contribution in [2.24, 2.45) is 0 Å². The molecule has 0 saturated heterocycles. The van der Waals surface area contributed by atoms with Gasteiger partial charge in [-0.05, 0) is 45.7 Å². The van der Waals surface area contributed by atoms with Gasteiger partial charge in [0.1, 0.15) is 4.83 Å². The van der Waals surface area contributed by atoms with E-state index in [1.54, 1.807) is 23.1 Å². The van der Waals surface area contributed by atoms with E-state index in [-0.39, 0.29) is 5.56 Å². The minimum atomic E-state index is 0.0796. The van der Waals surface area contributed by atoms with Crippen molar-refractivity contribution in [3.8, 4) is 0 Å². The van der Waals surface area contributed by atoms with Gasteiger partial charge in [-0.3, -0.25) is 13.8 Å². The standard InChI is InChI=1S/C21H25N5OS2/c1-6-7-8-25-19(27)17-14(4)15(5)29-18(17)24-21(25)28-11-16-10-26-13(3)9-12(2)22-20(26)23-16/h9-10H,6-8,11H2,1-5H3. The summed E-state index contributed by atoms with van der Waals surface area (Å²) in [5, 5.41) is 1.55. The Kier molecular flexibility index (Phi) is 5.48. The molecular formula is C21H25N5OS2. The molecule has 0 fully saturated rings. The highest BCUT2D eigenvalue weighted by Crippen LogP contribution is 2.29. The highest BCUT2D eigenvalue weighted by Gasteiger charge is 2.17. The molecule has 6 nitrogen and oxygen atoms in total. The summed E-state index contributed by atoms with van der Waals surface area (Å²) in [6, 6.07) is 2.05. The van der Waals surface area contributed by atoms with E-state index >= 15 is 0 Å². The molecule has 0 aromatic carbocycles. The second kappa shape index (κ2) is 7.91. The zero-order valence-electron chi connectivity index (χ0n) is 17.4. The predicted octanol–water partition coefficient (Wildman–Crippen LogP) is 4.83. The lowest BCUT2D eigenvalue weighted by atomic mass is 10.2. The van der Waals surface area contributed by atoms with Crippen molar-refractivity contribution in [3.05, 3.63) is 50.1 Å². The maximum absolute atomic E-state index is 13.2. The first-order chi connectivity index (χ1) is 13.9. The molecule has 4 aromatic heterocycles. The van der Waals surface area contributed by atoms with Crippen LogP contribution in [0.1, 0.15) is 47.3 Å². The predicted molar refractivity (Wildman–Crippen MR) is 120 cm³/mol. The number of thiophene rings is 1. The zero-order valence-corrected chi connectivity index (χ0v) is 19.1. The lowest BCUT2D eigenvalue weighted by molar-refractivity contribution is 0.558. The Hall–Kier alpha value is -2.19. The fourth-order valence-electron chi connectivity index (χ4n) is 3.46. The van der Waals surface area contributed by atoms with Gasteiger partial charge in [-0.2, -0.15) is 0 Å². The summed E-state index contributed by atoms with van der Waals surface area (Å²) in [5.41, 5.74) is 4.15. The summed E-state index contributed by atoms with van der Waals surface area (Å²) in [5.74, 6) is 1.37. The third kappa shape index (κ3) is 3.71. The number of aromatic nitrogens is 5. The molecule has 4 aromatic rings. The number of nitrogens with zero attached hydrogens (tertiary/aromatic N) is 5. The zero-order chi connectivity index (χ0) is 20.7. The molecule has 29 heavy (non-hydrogen) atoms. The SMILES string of the molecule is CCCCn1c(SCc2cn3c(C)cc(C)nc3n2)nc2sc(C)c(C)c2c1=O. The van der Waals surface area contributed by atoms with Gasteiger partial charge in [-0.15, -0.1) is 11.3 Å². The van der Waals surface area contributed by atoms with E-state index in [1.165, 1.54) is 0 Å². The van der Waals surface area contributed by atoms with Crippen LogP contribution in [-0.4, -0.2) is 23.9 Å². The van der Waals surface area contributed by atoms with E-state index in [1.807, 2.05) is 35.1 Å². The Labute approximate surface area is 178 Å². The number of aryl methyl sites for hydroxylation is 4. The fourth-order valence-corrected chi connectivity index (χ4v) is 5.44. The van der Waals surface area contributed by atoms with Crippen LogP contribution in [-0.2, 0) is 12.3 Å². The van der Waals surface area contributed by atoms with E-state index in [9.17, 15) is 4.79 Å². The second-order valence-corrected chi connectivity index (χ2v) is 9.54. The van der Waals surface area contributed by atoms with Crippen LogP contribution >= 0.6 is 23.1 Å². The third-order valence-corrected chi connectivity index (χ3v) is 7.26. The Bertz CT molecular complexity index is 1270. The van der Waals surface area contributed by atoms with Crippen molar-refractivity contribution >= 4 is 39.1 Å². The molecule has 0 atom stereocenters. The molecule has 0 amide bonds. The molecule has 0 N–H and O–H groups in total. The van der Waals surface area contributed by atoms with Gasteiger partial charge in [0.25, 0.3) is 5.56 Å². The number of rotatable bonds is 6. The van der Waals surface area contributed by atoms with E-state index in [4.69, 9.17) is 4.98 Å². The quantitative estimate of drug-likeness (QED) is 0.326. The molecule has 4 heterocycles. The fraction of sp³-hybridized carbons (Fsp3) is 0.429. The monoisotopic (exact) mass is 427 g/mol. The topological polar surface area (TPSA) is 65.1 Å². The Balaban J connectivity index is 1.71. The summed E-state index contributed by atoms with van der Waals surface area (Å²) in [7, 11) is 0. The summed E-state index contributed by atoms with van der Waals surface area (Å²) in [6.45, 7) is 10.9. The van der Waals surface area contributed by atoms with Crippen molar-refractivity contribution in [2.45, 2.75) is 64.9 Å². The molecular weight excluding hydrogens is 402 g/mol. The number of thioether (sulfide) groups is 1. The highest BCUT2D eigenvalue weighted by molar-refractivity contribution is 7.98. The average Bonchev–Trinajstić information content (AvgIpc) is 3.20. The summed E-state index contributed by atoms with van der Waals surface area (Å²) < 4.78 is 3.86. The third-order valence-electron chi connectivity index (χ3n) is 5.15. The van der Waals surface area contributed by atoms with Crippen LogP contribution in [0, 0.1) is 27.7 Å². The normalized spacial score (nSPS) is 11.8. The van der Waals surface area contributed by atoms with Gasteiger partial charge in [0.15, 0.2) is 5.16 Å². The maximum Gasteiger partial charge on any atom is 0.263 e. The Morgan fingerprint density at radius 2 is 1.93 bits per heavy atom. The Morgan fingerprint density at radius 3 is 2.69 bits per heavy atom. The van der Waals surface area contributed by atoms with Crippen LogP contribution in [0.15, 0.2) is 22.2 Å². The van der Waals surface area contributed by atoms with Crippen LogP contribution in [0.25, 0.3) is 16.0 Å². The highest BCUT2D eigenvalue weighted by atomic mass is 32.2. The molecule has 0 unspecified atom stereocenters. The minimum Gasteiger partial charge on any atom is -0.288 e. The molecule has 0 spiro atoms. The van der Waals surface area contributed by atoms with Gasteiger partial charge >= 0.3 is 0 Å². The van der Waals surface area contributed by atoms with Crippen LogP contribution in [0.4, 0.5) is 0 Å². The first-order valence-corrected chi connectivity index (χ1v) is 11.6. The first-order valence-electron chi connectivity index (χ1n) is 9.84. The molecule has 0 aliphatic heterocycles. The molecule has 8 heteroatoms. The van der Waals surface area contributed by atoms with Crippen LogP contribution in [0.5, 0.6) is 0 Å². The van der Waals surface area contributed by atoms with E-state index in [0.29, 0.717) is 12.3 Å². The van der Waals surface area contributed by atoms with Gasteiger partial charge in [0, 0.05) is 34.8 Å². The van der Waals surface area contributed by atoms with Crippen molar-refractivity contribution in [2.75, 3.05) is 0 Å². The number of imidazole rings is 1. The van der Waals surface area contributed by atoms with Crippen molar-refractivity contribution < 1.29 is 0 Å². The molecule has 4 rings (SSSR count). The second-order valence-electron chi connectivity index (χ2n) is 7.40. The van der Waals surface area contributed by atoms with Crippen LogP contribution in [0.3, 0.4) is 0 Å². The molecule has 0 aliphatic rings. The molecule has 0 bridgehead atoms. The van der Waals surface area contributed by atoms with Crippen molar-refractivity contribution in [1.82, 2.24) is 23.9 Å². The van der Waals surface area contributed by atoms with E-state index in [0.717, 1.165) is 61.5 Å². The van der Waals surface area contributed by atoms with Crippen LogP contribution in [0.2, 0.25) is 0 Å². The van der Waals surface area contributed by atoms with E-state index < -0.39 is 0 Å². The van der Waals surface area contributed by atoms with Crippen molar-refractivity contribution in [1.29, 1.82) is 0 Å². The van der Waals surface area contributed by atoms with Gasteiger partial charge in [-0.1, -0.05) is 25.1 Å². The molecule has 152 valence electrons. The van der Waals surface area contributed by atoms with Crippen LogP contribution < -0.4 is 5.56 Å². The summed E-state index contributed by atoms with van der Waals surface area (Å²) >= 11 is 3.18. The summed E-state index contributed by atoms with van der Waals surface area (Å²) in [6.07, 6.45) is 4.02. The number of hydrogen-bond acceptors (Lipinski definition) is 6. The first kappa shape index (κ1) is 20.1. The summed E-state index contributed by atoms with van der Waals surface area (Å²) in [4.78, 5) is 29.2. The number of fused-ring (bicyclic) bond motifs is 2. The van der Waals surface area contributed by atoms with E-state index in [2.05, 4.69) is 30.7 Å². The van der Waals surface area contributed by atoms with Gasteiger partial charge < -0.3 is 0 Å². The lowest BCUT2D eigenvalue weighted by Gasteiger charge is -2.11. The maximum atomic E-state index is 13.2. The minimum absolute atomic E-state index is 0.0796. The van der Waals surface area contributed by atoms with Gasteiger partial charge in [-0.25, -0.2) is 15.0 Å². The molecule has 0 saturated carbocycles. The van der Waals surface area contributed by atoms with Crippen molar-refractivity contribution in [3.63, 3.8) is 0 Å². The number of unbranched alkanes of at least 4 members (excludes halogenated alkanes) is 1. The van der Waals surface area contributed by atoms with Gasteiger partial charge in [0.05, 0.1) is 11.1 Å². The Morgan fingerprint density at radius 1 is 1.14 bits per heavy atom. The number of hydrogen-bond donors (Lipinski definition) is 0. The van der Waals surface area contributed by atoms with Gasteiger partial charge in [0.2, 0.25) is 5.78 Å². The molecule has 0 radical (unpaired) electrons. The smallest absolute Gasteiger partial charge is 0.263 e. The lowest BCUT2D eigenvalue weighted by Crippen LogP contribution is -2.23. The largest absolute Gasteiger partial charge is 0.288 e. The average molecular weight is 428 g/mol. The molecule has 0 aliphatic carbocycles.